The van der Waals surface area contributed by atoms with Gasteiger partial charge in [-0.05, 0) is 25.1 Å². The van der Waals surface area contributed by atoms with Crippen LogP contribution < -0.4 is 15.4 Å². The summed E-state index contributed by atoms with van der Waals surface area (Å²) in [5, 5.41) is 24.7. The van der Waals surface area contributed by atoms with Crippen LogP contribution in [0.25, 0.3) is 27.9 Å². The predicted molar refractivity (Wildman–Crippen MR) is 122 cm³/mol. The smallest absolute Gasteiger partial charge is 0.251 e. The first-order valence-electron chi connectivity index (χ1n) is 10.6. The van der Waals surface area contributed by atoms with Crippen LogP contribution in [0, 0.1) is 0 Å². The standard InChI is InChI=1S/C23H21N7O4/c1-3-24-22(31)14-8-9-25-15(10-14)12-33-23-18-7-5-4-6-17(18)20-26-27-21(30(20)28-23)19-11-16(13-32-2)34-29-19/h4-12,25H,3,13H2,1-2H3,(H,24,31). The molecule has 4 aromatic rings. The van der Waals surface area contributed by atoms with Crippen molar-refractivity contribution in [3.05, 3.63) is 72.0 Å². The highest BCUT2D eigenvalue weighted by atomic mass is 16.5. The average molecular weight is 459 g/mol. The van der Waals surface area contributed by atoms with Crippen LogP contribution in [0.5, 0.6) is 5.88 Å². The molecule has 5 rings (SSSR count). The Morgan fingerprint density at radius 2 is 2.12 bits per heavy atom. The topological polar surface area (TPSA) is 129 Å². The number of hydrogen-bond acceptors (Lipinski definition) is 9. The summed E-state index contributed by atoms with van der Waals surface area (Å²) in [6.45, 7) is 2.70. The lowest BCUT2D eigenvalue weighted by molar-refractivity contribution is -0.117. The van der Waals surface area contributed by atoms with E-state index in [4.69, 9.17) is 14.0 Å². The van der Waals surface area contributed by atoms with E-state index in [1.807, 2.05) is 31.2 Å². The molecule has 3 aromatic heterocycles. The van der Waals surface area contributed by atoms with Crippen molar-refractivity contribution >= 4 is 22.3 Å². The number of fused-ring (bicyclic) bond motifs is 3. The van der Waals surface area contributed by atoms with Crippen LogP contribution in [0.3, 0.4) is 0 Å². The maximum atomic E-state index is 12.1. The van der Waals surface area contributed by atoms with Crippen LogP contribution >= 0.6 is 0 Å². The molecule has 0 bridgehead atoms. The number of ether oxygens (including phenoxy) is 2. The third-order valence-electron chi connectivity index (χ3n) is 5.03. The Morgan fingerprint density at radius 3 is 2.94 bits per heavy atom. The van der Waals surface area contributed by atoms with Gasteiger partial charge in [-0.2, -0.15) is 4.52 Å². The van der Waals surface area contributed by atoms with Crippen LogP contribution in [0.1, 0.15) is 12.7 Å². The van der Waals surface area contributed by atoms with Crippen molar-refractivity contribution in [1.82, 2.24) is 35.6 Å². The maximum absolute atomic E-state index is 12.1. The van der Waals surface area contributed by atoms with E-state index < -0.39 is 0 Å². The zero-order chi connectivity index (χ0) is 23.5. The summed E-state index contributed by atoms with van der Waals surface area (Å²) >= 11 is 0. The number of amides is 1. The molecule has 0 spiro atoms. The molecular formula is C23H21N7O4. The highest BCUT2D eigenvalue weighted by Gasteiger charge is 2.19. The molecule has 1 aliphatic rings. The highest BCUT2D eigenvalue weighted by molar-refractivity contribution is 5.97. The molecule has 1 amide bonds. The Balaban J connectivity index is 1.54. The number of carbonyl (C=O) groups is 1. The lowest BCUT2D eigenvalue weighted by atomic mass is 10.1. The molecule has 11 nitrogen and oxygen atoms in total. The summed E-state index contributed by atoms with van der Waals surface area (Å²) in [6.07, 6.45) is 6.57. The summed E-state index contributed by atoms with van der Waals surface area (Å²) in [6, 6.07) is 9.33. The zero-order valence-electron chi connectivity index (χ0n) is 18.5. The monoisotopic (exact) mass is 459 g/mol. The molecule has 11 heteroatoms. The minimum atomic E-state index is -0.161. The van der Waals surface area contributed by atoms with E-state index in [1.54, 1.807) is 36.0 Å². The molecule has 0 radical (unpaired) electrons. The Kier molecular flexibility index (Phi) is 5.75. The van der Waals surface area contributed by atoms with Gasteiger partial charge in [-0.15, -0.1) is 15.3 Å². The summed E-state index contributed by atoms with van der Waals surface area (Å²) in [7, 11) is 1.58. The molecular weight excluding hydrogens is 438 g/mol. The van der Waals surface area contributed by atoms with Gasteiger partial charge in [0.2, 0.25) is 11.7 Å². The van der Waals surface area contributed by atoms with Gasteiger partial charge in [-0.3, -0.25) is 4.79 Å². The number of aromatic nitrogens is 5. The number of dihydropyridines is 1. The first-order chi connectivity index (χ1) is 16.7. The van der Waals surface area contributed by atoms with Gasteiger partial charge in [0.15, 0.2) is 17.1 Å². The Bertz CT molecular complexity index is 1460. The normalized spacial score (nSPS) is 14.4. The second-order valence-corrected chi connectivity index (χ2v) is 7.35. The summed E-state index contributed by atoms with van der Waals surface area (Å²) in [4.78, 5) is 12.1. The van der Waals surface area contributed by atoms with Crippen LogP contribution in [-0.2, 0) is 16.1 Å². The molecule has 0 aliphatic carbocycles. The van der Waals surface area contributed by atoms with Gasteiger partial charge in [0.05, 0.1) is 5.70 Å². The summed E-state index contributed by atoms with van der Waals surface area (Å²) < 4.78 is 17.9. The van der Waals surface area contributed by atoms with Gasteiger partial charge in [0.1, 0.15) is 12.9 Å². The van der Waals surface area contributed by atoms with E-state index in [-0.39, 0.29) is 12.5 Å². The number of allylic oxidation sites excluding steroid dienone is 1. The lowest BCUT2D eigenvalue weighted by Gasteiger charge is -2.12. The van der Waals surface area contributed by atoms with Crippen molar-refractivity contribution in [2.45, 2.75) is 13.5 Å². The number of methoxy groups -OCH3 is 1. The fourth-order valence-corrected chi connectivity index (χ4v) is 3.50. The minimum absolute atomic E-state index is 0.161. The van der Waals surface area contributed by atoms with E-state index in [2.05, 4.69) is 31.1 Å². The van der Waals surface area contributed by atoms with E-state index in [0.29, 0.717) is 46.6 Å². The van der Waals surface area contributed by atoms with E-state index >= 15 is 0 Å². The van der Waals surface area contributed by atoms with Crippen LogP contribution in [0.4, 0.5) is 0 Å². The molecule has 0 fully saturated rings. The summed E-state index contributed by atoms with van der Waals surface area (Å²) in [5.41, 5.74) is 2.14. The van der Waals surface area contributed by atoms with Crippen LogP contribution in [-0.4, -0.2) is 44.5 Å². The molecule has 4 heterocycles. The van der Waals surface area contributed by atoms with Crippen LogP contribution in [0.2, 0.25) is 0 Å². The molecule has 0 unspecified atom stereocenters. The average Bonchev–Trinajstić information content (AvgIpc) is 3.50. The first-order valence-corrected chi connectivity index (χ1v) is 10.6. The molecule has 1 aromatic carbocycles. The van der Waals surface area contributed by atoms with Gasteiger partial charge in [-0.1, -0.05) is 23.4 Å². The number of rotatable bonds is 7. The molecule has 172 valence electrons. The van der Waals surface area contributed by atoms with Crippen molar-refractivity contribution < 1.29 is 18.8 Å². The minimum Gasteiger partial charge on any atom is -0.443 e. The SMILES string of the molecule is CCNC(=O)C1=CC(=COc2nn3c(-c4cc(COC)on4)nnc3c3ccccc23)NC=C1. The number of carbonyl (C=O) groups excluding carboxylic acids is 1. The molecule has 1 aliphatic heterocycles. The maximum Gasteiger partial charge on any atom is 0.251 e. The highest BCUT2D eigenvalue weighted by Crippen LogP contribution is 2.29. The van der Waals surface area contributed by atoms with Crippen LogP contribution in [0.15, 0.2) is 70.7 Å². The number of nitrogens with one attached hydrogen (secondary N) is 2. The predicted octanol–water partition coefficient (Wildman–Crippen LogP) is 2.48. The number of nitrogens with zero attached hydrogens (tertiary/aromatic N) is 5. The number of benzene rings is 1. The quantitative estimate of drug-likeness (QED) is 0.400. The summed E-state index contributed by atoms with van der Waals surface area (Å²) in [5.74, 6) is 1.14. The first kappa shape index (κ1) is 21.3. The third-order valence-corrected chi connectivity index (χ3v) is 5.03. The van der Waals surface area contributed by atoms with Gasteiger partial charge in [0.25, 0.3) is 5.91 Å². The fraction of sp³-hybridized carbons (Fsp3) is 0.174. The van der Waals surface area contributed by atoms with Gasteiger partial charge >= 0.3 is 0 Å². The number of likely N-dealkylation sites (N-methyl/N-ethyl adjacent to an activating group) is 1. The third kappa shape index (κ3) is 3.99. The molecule has 0 saturated heterocycles. The Labute approximate surface area is 193 Å². The molecule has 34 heavy (non-hydrogen) atoms. The van der Waals surface area contributed by atoms with E-state index in [1.165, 1.54) is 6.26 Å². The van der Waals surface area contributed by atoms with Crippen molar-refractivity contribution in [3.8, 4) is 17.4 Å². The Hall–Kier alpha value is -4.51. The van der Waals surface area contributed by atoms with Crippen molar-refractivity contribution in [3.63, 3.8) is 0 Å². The number of hydrogen-bond donors (Lipinski definition) is 2. The fourth-order valence-electron chi connectivity index (χ4n) is 3.50. The molecule has 0 saturated carbocycles. The molecule has 2 N–H and O–H groups in total. The Morgan fingerprint density at radius 1 is 1.26 bits per heavy atom. The second kappa shape index (κ2) is 9.16. The zero-order valence-corrected chi connectivity index (χ0v) is 18.5. The van der Waals surface area contributed by atoms with Gasteiger partial charge in [0, 0.05) is 42.3 Å². The van der Waals surface area contributed by atoms with Crippen molar-refractivity contribution in [1.29, 1.82) is 0 Å². The lowest BCUT2D eigenvalue weighted by Crippen LogP contribution is -2.25. The van der Waals surface area contributed by atoms with Gasteiger partial charge in [-0.25, -0.2) is 0 Å². The second-order valence-electron chi connectivity index (χ2n) is 7.35. The van der Waals surface area contributed by atoms with Gasteiger partial charge < -0.3 is 24.6 Å². The van der Waals surface area contributed by atoms with Crippen molar-refractivity contribution in [2.75, 3.05) is 13.7 Å². The van der Waals surface area contributed by atoms with E-state index in [0.717, 1.165) is 10.8 Å². The largest absolute Gasteiger partial charge is 0.443 e. The molecule has 0 atom stereocenters. The van der Waals surface area contributed by atoms with E-state index in [9.17, 15) is 4.79 Å². The van der Waals surface area contributed by atoms with Crippen molar-refractivity contribution in [2.24, 2.45) is 0 Å².